The normalized spacial score (nSPS) is 19.4. The highest BCUT2D eigenvalue weighted by Crippen LogP contribution is 2.37. The van der Waals surface area contributed by atoms with Crippen molar-refractivity contribution in [3.8, 4) is 5.88 Å². The number of benzene rings is 2. The molecule has 162 valence electrons. The fourth-order valence-corrected chi connectivity index (χ4v) is 5.01. The number of nitrogens with one attached hydrogen (secondary N) is 1. The lowest BCUT2D eigenvalue weighted by Crippen LogP contribution is -2.39. The van der Waals surface area contributed by atoms with E-state index in [1.165, 1.54) is 35.3 Å². The number of amides is 1. The molecule has 0 spiro atoms. The van der Waals surface area contributed by atoms with Crippen LogP contribution in [0.2, 0.25) is 10.0 Å². The summed E-state index contributed by atoms with van der Waals surface area (Å²) >= 11 is 12.5. The number of aromatic nitrogens is 2. The second kappa shape index (κ2) is 7.62. The highest BCUT2D eigenvalue weighted by atomic mass is 35.5. The van der Waals surface area contributed by atoms with Crippen LogP contribution >= 0.6 is 23.2 Å². The van der Waals surface area contributed by atoms with Gasteiger partial charge in [0.25, 0.3) is 5.91 Å². The lowest BCUT2D eigenvalue weighted by atomic mass is 10.1. The third-order valence-electron chi connectivity index (χ3n) is 6.14. The van der Waals surface area contributed by atoms with E-state index >= 15 is 0 Å². The molecular weight excluding hydrogens is 449 g/mol. The van der Waals surface area contributed by atoms with Gasteiger partial charge in [0, 0.05) is 31.0 Å². The van der Waals surface area contributed by atoms with E-state index in [0.29, 0.717) is 27.7 Å². The van der Waals surface area contributed by atoms with E-state index in [-0.39, 0.29) is 24.1 Å². The van der Waals surface area contributed by atoms with E-state index in [4.69, 9.17) is 27.9 Å². The first kappa shape index (κ1) is 19.8. The predicted octanol–water partition coefficient (Wildman–Crippen LogP) is 4.31. The molecule has 2 aromatic carbocycles. The summed E-state index contributed by atoms with van der Waals surface area (Å²) in [5.74, 6) is 0.294. The van der Waals surface area contributed by atoms with Crippen molar-refractivity contribution in [1.82, 2.24) is 14.9 Å². The molecule has 1 fully saturated rings. The number of carbonyl (C=O) groups is 1. The molecule has 3 aromatic rings. The number of halogens is 2. The monoisotopic (exact) mass is 467 g/mol. The van der Waals surface area contributed by atoms with Crippen LogP contribution in [0.4, 0.5) is 17.3 Å². The highest BCUT2D eigenvalue weighted by Gasteiger charge is 2.33. The molecule has 1 N–H and O–H groups in total. The molecule has 6 rings (SSSR count). The average molecular weight is 468 g/mol. The molecule has 3 aliphatic rings. The number of anilines is 3. The molecule has 0 bridgehead atoms. The van der Waals surface area contributed by atoms with Crippen molar-refractivity contribution in [1.29, 1.82) is 0 Å². The molecule has 1 amide bonds. The number of carbonyl (C=O) groups excluding carboxylic acids is 1. The van der Waals surface area contributed by atoms with E-state index < -0.39 is 0 Å². The number of ether oxygens (including phenoxy) is 1. The van der Waals surface area contributed by atoms with Crippen LogP contribution < -0.4 is 15.0 Å². The number of para-hydroxylation sites is 1. The Kier molecular flexibility index (Phi) is 4.71. The summed E-state index contributed by atoms with van der Waals surface area (Å²) in [6.45, 7) is 2.39. The van der Waals surface area contributed by atoms with Crippen LogP contribution in [-0.4, -0.2) is 46.6 Å². The van der Waals surface area contributed by atoms with Gasteiger partial charge in [-0.2, -0.15) is 4.98 Å². The van der Waals surface area contributed by atoms with Gasteiger partial charge in [0.05, 0.1) is 15.7 Å². The molecule has 1 saturated heterocycles. The van der Waals surface area contributed by atoms with Crippen LogP contribution in [0.25, 0.3) is 0 Å². The number of hydrogen-bond donors (Lipinski definition) is 1. The third kappa shape index (κ3) is 3.46. The highest BCUT2D eigenvalue weighted by molar-refractivity contribution is 6.40. The van der Waals surface area contributed by atoms with E-state index in [1.807, 2.05) is 6.07 Å². The lowest BCUT2D eigenvalue weighted by molar-refractivity contribution is 0.0932. The molecule has 9 heteroatoms. The van der Waals surface area contributed by atoms with Gasteiger partial charge in [-0.25, -0.2) is 4.98 Å². The zero-order valence-electron chi connectivity index (χ0n) is 17.0. The largest absolute Gasteiger partial charge is 0.455 e. The molecule has 32 heavy (non-hydrogen) atoms. The van der Waals surface area contributed by atoms with E-state index in [1.54, 1.807) is 18.2 Å². The van der Waals surface area contributed by atoms with Crippen molar-refractivity contribution < 1.29 is 9.53 Å². The van der Waals surface area contributed by atoms with Crippen molar-refractivity contribution >= 4 is 46.4 Å². The van der Waals surface area contributed by atoms with Crippen LogP contribution in [0.3, 0.4) is 0 Å². The Labute approximate surface area is 194 Å². The standard InChI is InChI=1S/C23H19Cl2N5O2/c24-18-2-1-3-19(25)20(18)30-12-32-21-17(22(30)31)11-26-23(28-21)27-15-5-4-13-9-16(29-6-7-29)10-14(13)8-15/h1-5,8,11,16H,6-7,9-10,12H2,(H,26,27,28). The molecule has 1 aliphatic carbocycles. The van der Waals surface area contributed by atoms with Crippen LogP contribution in [0, 0.1) is 0 Å². The number of fused-ring (bicyclic) bond motifs is 2. The minimum atomic E-state index is -0.313. The molecule has 7 nitrogen and oxygen atoms in total. The van der Waals surface area contributed by atoms with Crippen molar-refractivity contribution in [2.24, 2.45) is 0 Å². The summed E-state index contributed by atoms with van der Waals surface area (Å²) in [5, 5.41) is 3.98. The van der Waals surface area contributed by atoms with Gasteiger partial charge in [0.2, 0.25) is 11.8 Å². The first-order valence-corrected chi connectivity index (χ1v) is 11.2. The second-order valence-corrected chi connectivity index (χ2v) is 9.01. The van der Waals surface area contributed by atoms with Crippen LogP contribution in [0.1, 0.15) is 21.5 Å². The van der Waals surface area contributed by atoms with Crippen LogP contribution in [-0.2, 0) is 12.8 Å². The molecule has 3 heterocycles. The van der Waals surface area contributed by atoms with Crippen molar-refractivity contribution in [2.75, 3.05) is 30.0 Å². The Hall–Kier alpha value is -2.87. The van der Waals surface area contributed by atoms with Gasteiger partial charge in [-0.1, -0.05) is 35.3 Å². The van der Waals surface area contributed by atoms with Gasteiger partial charge in [-0.15, -0.1) is 0 Å². The Morgan fingerprint density at radius 3 is 2.62 bits per heavy atom. The summed E-state index contributed by atoms with van der Waals surface area (Å²) in [4.78, 5) is 25.7. The zero-order valence-corrected chi connectivity index (χ0v) is 18.5. The Morgan fingerprint density at radius 1 is 1.06 bits per heavy atom. The molecule has 1 atom stereocenters. The zero-order chi connectivity index (χ0) is 21.8. The minimum absolute atomic E-state index is 0.0392. The summed E-state index contributed by atoms with van der Waals surface area (Å²) in [5.41, 5.74) is 4.36. The number of rotatable bonds is 4. The van der Waals surface area contributed by atoms with Gasteiger partial charge in [-0.3, -0.25) is 14.6 Å². The quantitative estimate of drug-likeness (QED) is 0.576. The SMILES string of the molecule is O=C1c2cnc(Nc3ccc4c(c3)CC(N3CC3)C4)nc2OCN1c1c(Cl)cccc1Cl. The maximum atomic E-state index is 13.0. The van der Waals surface area contributed by atoms with Gasteiger partial charge in [0.15, 0.2) is 6.73 Å². The molecule has 2 aliphatic heterocycles. The second-order valence-electron chi connectivity index (χ2n) is 8.20. The van der Waals surface area contributed by atoms with Gasteiger partial charge in [-0.05, 0) is 48.2 Å². The Balaban J connectivity index is 1.22. The fraction of sp³-hybridized carbons (Fsp3) is 0.261. The molecule has 0 saturated carbocycles. The molecule has 1 unspecified atom stereocenters. The van der Waals surface area contributed by atoms with Crippen molar-refractivity contribution in [3.63, 3.8) is 0 Å². The van der Waals surface area contributed by atoms with E-state index in [2.05, 4.69) is 32.3 Å². The maximum absolute atomic E-state index is 13.0. The summed E-state index contributed by atoms with van der Waals surface area (Å²) in [6.07, 6.45) is 3.66. The fourth-order valence-electron chi connectivity index (χ4n) is 4.41. The Bertz CT molecular complexity index is 1230. The lowest BCUT2D eigenvalue weighted by Gasteiger charge is -2.29. The van der Waals surface area contributed by atoms with Crippen molar-refractivity contribution in [3.05, 3.63) is 69.3 Å². The van der Waals surface area contributed by atoms with Crippen LogP contribution in [0.15, 0.2) is 42.6 Å². The van der Waals surface area contributed by atoms with Crippen molar-refractivity contribution in [2.45, 2.75) is 18.9 Å². The third-order valence-corrected chi connectivity index (χ3v) is 6.75. The maximum Gasteiger partial charge on any atom is 0.268 e. The first-order chi connectivity index (χ1) is 15.6. The summed E-state index contributed by atoms with van der Waals surface area (Å²) < 4.78 is 5.76. The van der Waals surface area contributed by atoms with Gasteiger partial charge < -0.3 is 10.1 Å². The van der Waals surface area contributed by atoms with Crippen LogP contribution in [0.5, 0.6) is 5.88 Å². The van der Waals surface area contributed by atoms with Gasteiger partial charge >= 0.3 is 0 Å². The minimum Gasteiger partial charge on any atom is -0.455 e. The topological polar surface area (TPSA) is 70.4 Å². The van der Waals surface area contributed by atoms with Gasteiger partial charge in [0.1, 0.15) is 5.56 Å². The van der Waals surface area contributed by atoms with E-state index in [9.17, 15) is 4.79 Å². The molecule has 0 radical (unpaired) electrons. The Morgan fingerprint density at radius 2 is 1.84 bits per heavy atom. The summed E-state index contributed by atoms with van der Waals surface area (Å²) in [7, 11) is 0. The predicted molar refractivity (Wildman–Crippen MR) is 123 cm³/mol. The van der Waals surface area contributed by atoms with E-state index in [0.717, 1.165) is 18.5 Å². The average Bonchev–Trinajstić information content (AvgIpc) is 3.54. The smallest absolute Gasteiger partial charge is 0.268 e. The first-order valence-electron chi connectivity index (χ1n) is 10.5. The molecule has 1 aromatic heterocycles. The number of hydrogen-bond acceptors (Lipinski definition) is 6. The molecular formula is C23H19Cl2N5O2. The number of nitrogens with zero attached hydrogens (tertiary/aromatic N) is 4. The summed E-state index contributed by atoms with van der Waals surface area (Å²) in [6, 6.07) is 12.1.